The Morgan fingerprint density at radius 2 is 1.79 bits per heavy atom. The molecule has 0 spiro atoms. The number of hydrogen-bond donors (Lipinski definition) is 1. The summed E-state index contributed by atoms with van der Waals surface area (Å²) in [7, 11) is 0. The van der Waals surface area contributed by atoms with Crippen molar-refractivity contribution in [2.75, 3.05) is 50.7 Å². The molecule has 0 aliphatic carbocycles. The van der Waals surface area contributed by atoms with E-state index in [0.29, 0.717) is 26.1 Å². The number of likely N-dealkylation sites (tertiary alicyclic amines) is 1. The summed E-state index contributed by atoms with van der Waals surface area (Å²) in [6, 6.07) is -0.188. The average Bonchev–Trinajstić information content (AvgIpc) is 3.49. The third-order valence-electron chi connectivity index (χ3n) is 5.99. The summed E-state index contributed by atoms with van der Waals surface area (Å²) < 4.78 is 4.42. The Morgan fingerprint density at radius 3 is 2.50 bits per heavy atom. The van der Waals surface area contributed by atoms with Crippen molar-refractivity contribution in [1.82, 2.24) is 24.5 Å². The van der Waals surface area contributed by atoms with Crippen molar-refractivity contribution >= 4 is 28.5 Å². The first-order chi connectivity index (χ1) is 13.7. The van der Waals surface area contributed by atoms with Crippen LogP contribution in [0.2, 0.25) is 0 Å². The SMILES string of the molecule is CCCc1nsc(N2CCN(C(=O)[C@@H]3CN[C@H](C(=O)N4CCCC4)C3)CC2)n1. The van der Waals surface area contributed by atoms with Gasteiger partial charge in [-0.2, -0.15) is 4.37 Å². The molecule has 3 aliphatic rings. The fourth-order valence-corrected chi connectivity index (χ4v) is 5.11. The molecule has 28 heavy (non-hydrogen) atoms. The van der Waals surface area contributed by atoms with E-state index in [0.717, 1.165) is 62.8 Å². The minimum absolute atomic E-state index is 0.0826. The first kappa shape index (κ1) is 19.6. The first-order valence-corrected chi connectivity index (χ1v) is 11.3. The Labute approximate surface area is 170 Å². The molecule has 3 saturated heterocycles. The number of aryl methyl sites for hydroxylation is 1. The van der Waals surface area contributed by atoms with Crippen LogP contribution in [0.1, 0.15) is 38.4 Å². The van der Waals surface area contributed by atoms with Gasteiger partial charge in [-0.05, 0) is 25.7 Å². The van der Waals surface area contributed by atoms with Crippen LogP contribution in [0, 0.1) is 5.92 Å². The summed E-state index contributed by atoms with van der Waals surface area (Å²) >= 11 is 1.46. The highest BCUT2D eigenvalue weighted by molar-refractivity contribution is 7.09. The number of nitrogens with zero attached hydrogens (tertiary/aromatic N) is 5. The van der Waals surface area contributed by atoms with Gasteiger partial charge >= 0.3 is 0 Å². The molecule has 2 atom stereocenters. The summed E-state index contributed by atoms with van der Waals surface area (Å²) in [5.74, 6) is 1.21. The molecule has 0 bridgehead atoms. The quantitative estimate of drug-likeness (QED) is 0.777. The topological polar surface area (TPSA) is 81.7 Å². The number of aromatic nitrogens is 2. The Balaban J connectivity index is 1.26. The fraction of sp³-hybridized carbons (Fsp3) is 0.789. The van der Waals surface area contributed by atoms with Crippen LogP contribution >= 0.6 is 11.5 Å². The Kier molecular flexibility index (Phi) is 6.10. The van der Waals surface area contributed by atoms with E-state index in [2.05, 4.69) is 26.5 Å². The largest absolute Gasteiger partial charge is 0.343 e. The number of hydrogen-bond acceptors (Lipinski definition) is 7. The molecule has 0 aromatic carbocycles. The predicted octanol–water partition coefficient (Wildman–Crippen LogP) is 0.740. The lowest BCUT2D eigenvalue weighted by molar-refractivity contribution is -0.135. The van der Waals surface area contributed by atoms with E-state index in [1.165, 1.54) is 11.5 Å². The van der Waals surface area contributed by atoms with Crippen LogP contribution in [0.4, 0.5) is 5.13 Å². The van der Waals surface area contributed by atoms with Crippen molar-refractivity contribution in [3.8, 4) is 0 Å². The number of carbonyl (C=O) groups excluding carboxylic acids is 2. The second kappa shape index (κ2) is 8.73. The van der Waals surface area contributed by atoms with Gasteiger partial charge in [0.25, 0.3) is 0 Å². The summed E-state index contributed by atoms with van der Waals surface area (Å²) in [5, 5.41) is 4.25. The zero-order chi connectivity index (χ0) is 19.5. The van der Waals surface area contributed by atoms with Crippen LogP contribution in [-0.4, -0.2) is 82.8 Å². The Morgan fingerprint density at radius 1 is 1.07 bits per heavy atom. The third kappa shape index (κ3) is 4.15. The number of carbonyl (C=O) groups is 2. The number of amides is 2. The normalized spacial score (nSPS) is 25.5. The van der Waals surface area contributed by atoms with E-state index >= 15 is 0 Å². The number of piperazine rings is 1. The third-order valence-corrected chi connectivity index (χ3v) is 6.80. The van der Waals surface area contributed by atoms with Gasteiger partial charge in [0.2, 0.25) is 16.9 Å². The van der Waals surface area contributed by atoms with Crippen LogP contribution in [0.5, 0.6) is 0 Å². The lowest BCUT2D eigenvalue weighted by Gasteiger charge is -2.35. The molecule has 0 unspecified atom stereocenters. The van der Waals surface area contributed by atoms with Crippen LogP contribution < -0.4 is 10.2 Å². The molecule has 1 N–H and O–H groups in total. The van der Waals surface area contributed by atoms with E-state index < -0.39 is 0 Å². The lowest BCUT2D eigenvalue weighted by Crippen LogP contribution is -2.50. The molecule has 1 aromatic heterocycles. The maximum Gasteiger partial charge on any atom is 0.239 e. The molecular weight excluding hydrogens is 376 g/mol. The zero-order valence-electron chi connectivity index (χ0n) is 16.6. The highest BCUT2D eigenvalue weighted by Gasteiger charge is 2.38. The van der Waals surface area contributed by atoms with Crippen LogP contribution in [0.25, 0.3) is 0 Å². The molecule has 4 heterocycles. The molecule has 8 nitrogen and oxygen atoms in total. The molecule has 154 valence electrons. The summed E-state index contributed by atoms with van der Waals surface area (Å²) in [6.07, 6.45) is 4.79. The maximum atomic E-state index is 12.9. The minimum atomic E-state index is -0.188. The molecule has 0 radical (unpaired) electrons. The van der Waals surface area contributed by atoms with Crippen molar-refractivity contribution < 1.29 is 9.59 Å². The summed E-state index contributed by atoms with van der Waals surface area (Å²) in [5.41, 5.74) is 0. The van der Waals surface area contributed by atoms with Gasteiger partial charge < -0.3 is 20.0 Å². The predicted molar refractivity (Wildman–Crippen MR) is 108 cm³/mol. The molecular formula is C19H30N6O2S. The van der Waals surface area contributed by atoms with Crippen molar-refractivity contribution in [2.45, 2.75) is 45.1 Å². The van der Waals surface area contributed by atoms with Gasteiger partial charge in [-0.3, -0.25) is 9.59 Å². The molecule has 2 amide bonds. The van der Waals surface area contributed by atoms with Crippen LogP contribution in [0.3, 0.4) is 0 Å². The van der Waals surface area contributed by atoms with E-state index in [-0.39, 0.29) is 23.8 Å². The second-order valence-electron chi connectivity index (χ2n) is 7.98. The van der Waals surface area contributed by atoms with Crippen LogP contribution in [0.15, 0.2) is 0 Å². The standard InChI is InChI=1S/C19H30N6O2S/c1-2-5-16-21-19(28-22-16)25-10-8-24(9-11-25)17(26)14-12-15(20-13-14)18(27)23-6-3-4-7-23/h14-15,20H,2-13H2,1H3/t14-,15-/m0/s1. The van der Waals surface area contributed by atoms with Gasteiger partial charge in [-0.1, -0.05) is 6.92 Å². The average molecular weight is 407 g/mol. The fourth-order valence-electron chi connectivity index (χ4n) is 4.34. The summed E-state index contributed by atoms with van der Waals surface area (Å²) in [4.78, 5) is 36.2. The molecule has 1 aromatic rings. The second-order valence-corrected chi connectivity index (χ2v) is 8.71. The number of nitrogens with one attached hydrogen (secondary N) is 1. The lowest BCUT2D eigenvalue weighted by atomic mass is 10.0. The number of rotatable bonds is 5. The van der Waals surface area contributed by atoms with Gasteiger partial charge in [0.15, 0.2) is 0 Å². The van der Waals surface area contributed by atoms with Gasteiger partial charge in [-0.15, -0.1) is 0 Å². The van der Waals surface area contributed by atoms with E-state index in [9.17, 15) is 9.59 Å². The zero-order valence-corrected chi connectivity index (χ0v) is 17.4. The Bertz CT molecular complexity index is 696. The monoisotopic (exact) mass is 406 g/mol. The van der Waals surface area contributed by atoms with E-state index in [4.69, 9.17) is 0 Å². The molecule has 3 aliphatic heterocycles. The smallest absolute Gasteiger partial charge is 0.239 e. The van der Waals surface area contributed by atoms with Gasteiger partial charge in [0.1, 0.15) is 5.82 Å². The van der Waals surface area contributed by atoms with Crippen molar-refractivity contribution in [3.63, 3.8) is 0 Å². The van der Waals surface area contributed by atoms with Gasteiger partial charge in [0.05, 0.1) is 12.0 Å². The minimum Gasteiger partial charge on any atom is -0.343 e. The maximum absolute atomic E-state index is 12.9. The molecule has 9 heteroatoms. The number of anilines is 1. The molecule has 3 fully saturated rings. The molecule has 0 saturated carbocycles. The van der Waals surface area contributed by atoms with Crippen molar-refractivity contribution in [3.05, 3.63) is 5.82 Å². The van der Waals surface area contributed by atoms with Crippen molar-refractivity contribution in [2.24, 2.45) is 5.92 Å². The molecule has 4 rings (SSSR count). The summed E-state index contributed by atoms with van der Waals surface area (Å²) in [6.45, 7) is 7.48. The highest BCUT2D eigenvalue weighted by atomic mass is 32.1. The van der Waals surface area contributed by atoms with E-state index in [1.54, 1.807) is 0 Å². The van der Waals surface area contributed by atoms with Gasteiger partial charge in [0, 0.05) is 63.8 Å². The highest BCUT2D eigenvalue weighted by Crippen LogP contribution is 2.23. The van der Waals surface area contributed by atoms with E-state index in [1.807, 2.05) is 9.80 Å². The first-order valence-electron chi connectivity index (χ1n) is 10.5. The Hall–Kier alpha value is -1.74. The van der Waals surface area contributed by atoms with Crippen LogP contribution in [-0.2, 0) is 16.0 Å². The van der Waals surface area contributed by atoms with Gasteiger partial charge in [-0.25, -0.2) is 4.98 Å². The van der Waals surface area contributed by atoms with Crippen molar-refractivity contribution in [1.29, 1.82) is 0 Å².